The predicted octanol–water partition coefficient (Wildman–Crippen LogP) is 1.48. The van der Waals surface area contributed by atoms with Crippen LogP contribution < -0.4 is 14.2 Å². The first kappa shape index (κ1) is 12.2. The zero-order valence-electron chi connectivity index (χ0n) is 9.44. The zero-order valence-corrected chi connectivity index (χ0v) is 9.44. The highest BCUT2D eigenvalue weighted by Crippen LogP contribution is 2.32. The Kier molecular flexibility index (Phi) is 3.99. The Bertz CT molecular complexity index is 361. The van der Waals surface area contributed by atoms with Crippen molar-refractivity contribution in [1.82, 2.24) is 0 Å². The van der Waals surface area contributed by atoms with Crippen molar-refractivity contribution in [3.63, 3.8) is 0 Å². The normalized spacial score (nSPS) is 9.69. The van der Waals surface area contributed by atoms with Crippen LogP contribution in [0.25, 0.3) is 0 Å². The summed E-state index contributed by atoms with van der Waals surface area (Å²) in [4.78, 5) is 10.4. The fourth-order valence-electron chi connectivity index (χ4n) is 1.29. The third-order valence-electron chi connectivity index (χ3n) is 2.09. The monoisotopic (exact) mass is 226 g/mol. The third-order valence-corrected chi connectivity index (χ3v) is 2.09. The van der Waals surface area contributed by atoms with Gasteiger partial charge in [0.1, 0.15) is 17.2 Å². The summed E-state index contributed by atoms with van der Waals surface area (Å²) in [5.41, 5.74) is 0.840. The van der Waals surface area contributed by atoms with E-state index in [-0.39, 0.29) is 0 Å². The van der Waals surface area contributed by atoms with Crippen LogP contribution in [0.4, 0.5) is 0 Å². The molecule has 0 saturated heterocycles. The van der Waals surface area contributed by atoms with E-state index in [1.807, 2.05) is 6.92 Å². The van der Waals surface area contributed by atoms with E-state index >= 15 is 0 Å². The number of hydrogen-bond donors (Lipinski definition) is 1. The first-order valence-corrected chi connectivity index (χ1v) is 4.65. The molecule has 0 fully saturated rings. The van der Waals surface area contributed by atoms with Gasteiger partial charge in [-0.15, -0.1) is 0 Å². The van der Waals surface area contributed by atoms with Crippen molar-refractivity contribution in [2.75, 3.05) is 20.8 Å². The molecule has 5 nitrogen and oxygen atoms in total. The first-order valence-electron chi connectivity index (χ1n) is 4.65. The van der Waals surface area contributed by atoms with Crippen LogP contribution in [0.5, 0.6) is 17.2 Å². The standard InChI is InChI=1S/C11H14O5/c1-7-9(14-2)4-8(5-10(7)15-3)16-6-11(12)13/h4-5H,6H2,1-3H3,(H,12,13). The second-order valence-electron chi connectivity index (χ2n) is 3.14. The largest absolute Gasteiger partial charge is 0.496 e. The fraction of sp³-hybridized carbons (Fsp3) is 0.364. The van der Waals surface area contributed by atoms with Crippen LogP contribution in [-0.2, 0) is 4.79 Å². The molecule has 0 atom stereocenters. The van der Waals surface area contributed by atoms with E-state index in [1.165, 1.54) is 14.2 Å². The minimum absolute atomic E-state index is 0.393. The number of hydrogen-bond acceptors (Lipinski definition) is 4. The van der Waals surface area contributed by atoms with Crippen LogP contribution in [0.3, 0.4) is 0 Å². The van der Waals surface area contributed by atoms with E-state index in [0.717, 1.165) is 5.56 Å². The van der Waals surface area contributed by atoms with Crippen molar-refractivity contribution in [3.8, 4) is 17.2 Å². The predicted molar refractivity (Wildman–Crippen MR) is 57.4 cm³/mol. The SMILES string of the molecule is COc1cc(OCC(=O)O)cc(OC)c1C. The minimum Gasteiger partial charge on any atom is -0.496 e. The molecule has 0 bridgehead atoms. The van der Waals surface area contributed by atoms with E-state index in [9.17, 15) is 4.79 Å². The van der Waals surface area contributed by atoms with E-state index in [0.29, 0.717) is 17.2 Å². The molecule has 1 aromatic carbocycles. The number of rotatable bonds is 5. The fourth-order valence-corrected chi connectivity index (χ4v) is 1.29. The smallest absolute Gasteiger partial charge is 0.341 e. The van der Waals surface area contributed by atoms with Gasteiger partial charge in [0.2, 0.25) is 0 Å². The zero-order chi connectivity index (χ0) is 12.1. The lowest BCUT2D eigenvalue weighted by atomic mass is 10.2. The summed E-state index contributed by atoms with van der Waals surface area (Å²) in [5, 5.41) is 8.49. The molecule has 1 aromatic rings. The Labute approximate surface area is 93.6 Å². The highest BCUT2D eigenvalue weighted by atomic mass is 16.5. The third kappa shape index (κ3) is 2.79. The van der Waals surface area contributed by atoms with Crippen LogP contribution in [-0.4, -0.2) is 31.9 Å². The Hall–Kier alpha value is -1.91. The molecule has 5 heteroatoms. The number of aliphatic carboxylic acids is 1. The van der Waals surface area contributed by atoms with Gasteiger partial charge in [-0.25, -0.2) is 4.79 Å². The second kappa shape index (κ2) is 5.25. The lowest BCUT2D eigenvalue weighted by molar-refractivity contribution is -0.139. The molecular formula is C11H14O5. The number of benzene rings is 1. The van der Waals surface area contributed by atoms with E-state index in [2.05, 4.69) is 0 Å². The molecule has 0 saturated carbocycles. The summed E-state index contributed by atoms with van der Waals surface area (Å²) in [6.45, 7) is 1.45. The Morgan fingerprint density at radius 2 is 1.75 bits per heavy atom. The van der Waals surface area contributed by atoms with Gasteiger partial charge in [-0.05, 0) is 6.92 Å². The molecule has 1 rings (SSSR count). The summed E-state index contributed by atoms with van der Waals surface area (Å²) >= 11 is 0. The molecule has 0 unspecified atom stereocenters. The van der Waals surface area contributed by atoms with Crippen molar-refractivity contribution in [1.29, 1.82) is 0 Å². The Morgan fingerprint density at radius 3 is 2.12 bits per heavy atom. The second-order valence-corrected chi connectivity index (χ2v) is 3.14. The number of ether oxygens (including phenoxy) is 3. The van der Waals surface area contributed by atoms with Gasteiger partial charge in [0.15, 0.2) is 6.61 Å². The molecule has 0 heterocycles. The lowest BCUT2D eigenvalue weighted by Gasteiger charge is -2.12. The van der Waals surface area contributed by atoms with Gasteiger partial charge in [0.25, 0.3) is 0 Å². The lowest BCUT2D eigenvalue weighted by Crippen LogP contribution is -2.09. The van der Waals surface area contributed by atoms with Crippen molar-refractivity contribution in [2.45, 2.75) is 6.92 Å². The van der Waals surface area contributed by atoms with Crippen LogP contribution in [0.1, 0.15) is 5.56 Å². The maximum atomic E-state index is 10.4. The van der Waals surface area contributed by atoms with Crippen molar-refractivity contribution in [2.24, 2.45) is 0 Å². The average molecular weight is 226 g/mol. The van der Waals surface area contributed by atoms with E-state index in [1.54, 1.807) is 12.1 Å². The van der Waals surface area contributed by atoms with Crippen molar-refractivity contribution >= 4 is 5.97 Å². The number of carboxylic acid groups (broad SMARTS) is 1. The molecule has 16 heavy (non-hydrogen) atoms. The van der Waals surface area contributed by atoms with Gasteiger partial charge in [0.05, 0.1) is 14.2 Å². The van der Waals surface area contributed by atoms with Gasteiger partial charge in [0, 0.05) is 17.7 Å². The van der Waals surface area contributed by atoms with Crippen LogP contribution >= 0.6 is 0 Å². The topological polar surface area (TPSA) is 65.0 Å². The minimum atomic E-state index is -1.03. The molecule has 0 aliphatic carbocycles. The summed E-state index contributed by atoms with van der Waals surface area (Å²) in [7, 11) is 3.06. The number of carboxylic acids is 1. The summed E-state index contributed by atoms with van der Waals surface area (Å²) in [5.74, 6) is 0.569. The van der Waals surface area contributed by atoms with E-state index < -0.39 is 12.6 Å². The average Bonchev–Trinajstić information content (AvgIpc) is 2.27. The van der Waals surface area contributed by atoms with Crippen molar-refractivity contribution in [3.05, 3.63) is 17.7 Å². The van der Waals surface area contributed by atoms with Crippen LogP contribution in [0, 0.1) is 6.92 Å². The molecule has 0 amide bonds. The van der Waals surface area contributed by atoms with Gasteiger partial charge in [-0.1, -0.05) is 0 Å². The molecular weight excluding hydrogens is 212 g/mol. The van der Waals surface area contributed by atoms with Crippen molar-refractivity contribution < 1.29 is 24.1 Å². The van der Waals surface area contributed by atoms with Crippen LogP contribution in [0.15, 0.2) is 12.1 Å². The number of methoxy groups -OCH3 is 2. The highest BCUT2D eigenvalue weighted by molar-refractivity contribution is 5.68. The molecule has 0 aliphatic heterocycles. The van der Waals surface area contributed by atoms with Gasteiger partial charge in [-0.2, -0.15) is 0 Å². The summed E-state index contributed by atoms with van der Waals surface area (Å²) in [6.07, 6.45) is 0. The molecule has 0 aliphatic rings. The Balaban J connectivity index is 2.97. The molecule has 0 radical (unpaired) electrons. The van der Waals surface area contributed by atoms with Gasteiger partial charge < -0.3 is 19.3 Å². The number of carbonyl (C=O) groups is 1. The summed E-state index contributed by atoms with van der Waals surface area (Å²) < 4.78 is 15.3. The first-order chi connectivity index (χ1) is 7.58. The van der Waals surface area contributed by atoms with E-state index in [4.69, 9.17) is 19.3 Å². The summed E-state index contributed by atoms with van der Waals surface area (Å²) in [6, 6.07) is 3.25. The maximum absolute atomic E-state index is 10.4. The molecule has 0 aromatic heterocycles. The maximum Gasteiger partial charge on any atom is 0.341 e. The van der Waals surface area contributed by atoms with Gasteiger partial charge in [-0.3, -0.25) is 0 Å². The highest BCUT2D eigenvalue weighted by Gasteiger charge is 2.09. The van der Waals surface area contributed by atoms with Gasteiger partial charge >= 0.3 is 5.97 Å². The van der Waals surface area contributed by atoms with Crippen LogP contribution in [0.2, 0.25) is 0 Å². The molecule has 1 N–H and O–H groups in total. The molecule has 88 valence electrons. The quantitative estimate of drug-likeness (QED) is 0.823. The Morgan fingerprint density at radius 1 is 1.25 bits per heavy atom. The molecule has 0 spiro atoms.